The second kappa shape index (κ2) is 7.44. The van der Waals surface area contributed by atoms with E-state index in [4.69, 9.17) is 0 Å². The Morgan fingerprint density at radius 1 is 0.423 bits per heavy atom. The number of fused-ring (bicyclic) bond motifs is 1. The molecule has 4 aromatic rings. The van der Waals surface area contributed by atoms with Crippen LogP contribution in [0.5, 0.6) is 0 Å². The molecule has 0 fully saturated rings. The van der Waals surface area contributed by atoms with Gasteiger partial charge in [-0.05, 0) is 10.8 Å². The molecule has 4 aromatic carbocycles. The number of hydrogen-bond donors (Lipinski definition) is 0. The minimum Gasteiger partial charge on any atom is -0.0628 e. The zero-order valence-electron chi connectivity index (χ0n) is 15.2. The van der Waals surface area contributed by atoms with Gasteiger partial charge in [-0.15, -0.1) is 0 Å². The molecule has 0 aliphatic heterocycles. The second-order valence-electron chi connectivity index (χ2n) is 6.76. The number of hydrogen-bond acceptors (Lipinski definition) is 0. The van der Waals surface area contributed by atoms with Crippen LogP contribution in [0.1, 0.15) is 0 Å². The lowest BCUT2D eigenvalue weighted by molar-refractivity contribution is 1.73. The van der Waals surface area contributed by atoms with Crippen molar-refractivity contribution in [1.82, 2.24) is 0 Å². The van der Waals surface area contributed by atoms with Crippen LogP contribution in [0.4, 0.5) is 0 Å². The normalized spacial score (nSPS) is 11.4. The van der Waals surface area contributed by atoms with Crippen LogP contribution in [0.2, 0.25) is 13.1 Å². The predicted molar refractivity (Wildman–Crippen MR) is 119 cm³/mol. The first kappa shape index (κ1) is 17.0. The summed E-state index contributed by atoms with van der Waals surface area (Å²) in [6.07, 6.45) is 0. The maximum absolute atomic E-state index is 2.42. The largest absolute Gasteiger partial charge is 0.118 e. The molecule has 0 unspecified atom stereocenters. The molecule has 0 bridgehead atoms. The third-order valence-electron chi connectivity index (χ3n) is 5.12. The zero-order valence-corrected chi connectivity index (χ0v) is 17.2. The summed E-state index contributed by atoms with van der Waals surface area (Å²) in [4.78, 5) is 0. The van der Waals surface area contributed by atoms with Gasteiger partial charge in [-0.2, -0.15) is 0 Å². The molecule has 0 heterocycles. The maximum atomic E-state index is 2.42. The topological polar surface area (TPSA) is 0 Å². The van der Waals surface area contributed by atoms with Gasteiger partial charge in [0.1, 0.15) is 17.6 Å². The first-order valence-corrected chi connectivity index (χ1v) is 13.0. The first-order chi connectivity index (χ1) is 12.7. The lowest BCUT2D eigenvalue weighted by atomic mass is 10.1. The molecule has 0 saturated heterocycles. The third kappa shape index (κ3) is 3.43. The van der Waals surface area contributed by atoms with Crippen molar-refractivity contribution in [3.8, 4) is 0 Å². The Hall–Kier alpha value is -2.43. The highest BCUT2D eigenvalue weighted by Crippen LogP contribution is 2.12. The molecule has 0 aromatic heterocycles. The van der Waals surface area contributed by atoms with E-state index >= 15 is 0 Å². The van der Waals surface area contributed by atoms with Crippen LogP contribution in [0.15, 0.2) is 97.1 Å². The van der Waals surface area contributed by atoms with E-state index in [-0.39, 0.29) is 0 Å². The van der Waals surface area contributed by atoms with Crippen molar-refractivity contribution in [1.29, 1.82) is 0 Å². The van der Waals surface area contributed by atoms with E-state index in [1.165, 1.54) is 31.5 Å². The van der Waals surface area contributed by atoms with E-state index in [9.17, 15) is 0 Å². The lowest BCUT2D eigenvalue weighted by Gasteiger charge is -2.14. The predicted octanol–water partition coefficient (Wildman–Crippen LogP) is 3.32. The van der Waals surface area contributed by atoms with E-state index in [0.29, 0.717) is 0 Å². The van der Waals surface area contributed by atoms with Crippen molar-refractivity contribution in [3.63, 3.8) is 0 Å². The molecule has 4 rings (SSSR count). The van der Waals surface area contributed by atoms with E-state index in [1.807, 2.05) is 0 Å². The molecule has 2 heteroatoms. The van der Waals surface area contributed by atoms with Crippen LogP contribution in [-0.4, -0.2) is 17.6 Å². The van der Waals surface area contributed by atoms with Gasteiger partial charge in [-0.1, -0.05) is 131 Å². The summed E-state index contributed by atoms with van der Waals surface area (Å²) in [5, 5.41) is 8.62. The van der Waals surface area contributed by atoms with E-state index in [2.05, 4.69) is 110 Å². The van der Waals surface area contributed by atoms with Crippen molar-refractivity contribution in [3.05, 3.63) is 97.1 Å². The van der Waals surface area contributed by atoms with Crippen LogP contribution >= 0.6 is 0 Å². The van der Waals surface area contributed by atoms with Gasteiger partial charge in [0.15, 0.2) is 0 Å². The SMILES string of the molecule is C[Si](c1ccccc1)c1ccc2ccc([Si](C)c3ccccc3)cc2c1. The standard InChI is InChI=1S/C24H22Si2/c1-25(21-9-5-3-6-10-21)23-15-13-19-14-16-24(18-20(19)17-23)26(2)22-11-7-4-8-12-22/h3-18H,1-2H3. The average molecular weight is 367 g/mol. The average Bonchev–Trinajstić information content (AvgIpc) is 2.73. The van der Waals surface area contributed by atoms with Crippen molar-refractivity contribution in [2.75, 3.05) is 0 Å². The van der Waals surface area contributed by atoms with Crippen molar-refractivity contribution in [2.45, 2.75) is 13.1 Å². The Morgan fingerprint density at radius 2 is 0.846 bits per heavy atom. The molecular formula is C24H22Si2. The summed E-state index contributed by atoms with van der Waals surface area (Å²) in [6.45, 7) is 4.79. The molecular weight excluding hydrogens is 344 g/mol. The van der Waals surface area contributed by atoms with Crippen LogP contribution in [0, 0.1) is 0 Å². The molecule has 0 atom stereocenters. The van der Waals surface area contributed by atoms with Crippen LogP contribution in [0.3, 0.4) is 0 Å². The van der Waals surface area contributed by atoms with E-state index < -0.39 is 17.6 Å². The molecule has 0 N–H and O–H groups in total. The van der Waals surface area contributed by atoms with Gasteiger partial charge in [-0.25, -0.2) is 0 Å². The Morgan fingerprint density at radius 3 is 1.27 bits per heavy atom. The number of benzene rings is 4. The Bertz CT molecular complexity index is 930. The van der Waals surface area contributed by atoms with Gasteiger partial charge < -0.3 is 0 Å². The summed E-state index contributed by atoms with van der Waals surface area (Å²) in [6, 6.07) is 35.9. The van der Waals surface area contributed by atoms with Gasteiger partial charge in [0, 0.05) is 0 Å². The fourth-order valence-corrected chi connectivity index (χ4v) is 6.89. The van der Waals surface area contributed by atoms with Crippen LogP contribution < -0.4 is 20.7 Å². The minimum atomic E-state index is -0.711. The fourth-order valence-electron chi connectivity index (χ4n) is 3.42. The van der Waals surface area contributed by atoms with Gasteiger partial charge in [0.05, 0.1) is 0 Å². The molecule has 0 saturated carbocycles. The van der Waals surface area contributed by atoms with Gasteiger partial charge in [-0.3, -0.25) is 0 Å². The zero-order chi connectivity index (χ0) is 17.9. The summed E-state index contributed by atoms with van der Waals surface area (Å²) in [5.41, 5.74) is 0. The van der Waals surface area contributed by atoms with Crippen molar-refractivity contribution in [2.24, 2.45) is 0 Å². The quantitative estimate of drug-likeness (QED) is 0.486. The highest BCUT2D eigenvalue weighted by Gasteiger charge is 2.13. The van der Waals surface area contributed by atoms with Gasteiger partial charge in [0.2, 0.25) is 0 Å². The highest BCUT2D eigenvalue weighted by atomic mass is 28.3. The molecule has 0 aliphatic rings. The summed E-state index contributed by atoms with van der Waals surface area (Å²) < 4.78 is 0. The molecule has 0 amide bonds. The van der Waals surface area contributed by atoms with E-state index in [0.717, 1.165) is 0 Å². The summed E-state index contributed by atoms with van der Waals surface area (Å²) >= 11 is 0. The Balaban J connectivity index is 1.71. The smallest absolute Gasteiger partial charge is 0.0628 e. The summed E-state index contributed by atoms with van der Waals surface area (Å²) in [5.74, 6) is 0. The van der Waals surface area contributed by atoms with Crippen molar-refractivity contribution >= 4 is 49.1 Å². The Labute approximate surface area is 159 Å². The minimum absolute atomic E-state index is 0.711. The molecule has 26 heavy (non-hydrogen) atoms. The third-order valence-corrected chi connectivity index (χ3v) is 9.87. The monoisotopic (exact) mass is 366 g/mol. The molecule has 0 spiro atoms. The second-order valence-corrected chi connectivity index (χ2v) is 11.6. The van der Waals surface area contributed by atoms with Gasteiger partial charge >= 0.3 is 0 Å². The maximum Gasteiger partial charge on any atom is 0.118 e. The summed E-state index contributed by atoms with van der Waals surface area (Å²) in [7, 11) is -1.42. The van der Waals surface area contributed by atoms with Crippen LogP contribution in [-0.2, 0) is 0 Å². The molecule has 0 aliphatic carbocycles. The highest BCUT2D eigenvalue weighted by molar-refractivity contribution is 6.85. The molecule has 126 valence electrons. The fraction of sp³-hybridized carbons (Fsp3) is 0.0833. The van der Waals surface area contributed by atoms with E-state index in [1.54, 1.807) is 0 Å². The Kier molecular flexibility index (Phi) is 4.87. The molecule has 2 radical (unpaired) electrons. The van der Waals surface area contributed by atoms with Crippen molar-refractivity contribution < 1.29 is 0 Å². The lowest BCUT2D eigenvalue weighted by Crippen LogP contribution is -2.40. The molecule has 0 nitrogen and oxygen atoms in total. The van der Waals surface area contributed by atoms with Gasteiger partial charge in [0.25, 0.3) is 0 Å². The number of rotatable bonds is 4. The first-order valence-electron chi connectivity index (χ1n) is 9.05. The van der Waals surface area contributed by atoms with Crippen LogP contribution in [0.25, 0.3) is 10.8 Å².